The summed E-state index contributed by atoms with van der Waals surface area (Å²) in [5, 5.41) is 12.4. The molecule has 0 aliphatic carbocycles. The van der Waals surface area contributed by atoms with Crippen molar-refractivity contribution in [3.63, 3.8) is 0 Å². The van der Waals surface area contributed by atoms with Crippen molar-refractivity contribution in [3.05, 3.63) is 65.0 Å². The lowest BCUT2D eigenvalue weighted by molar-refractivity contribution is -0.113. The summed E-state index contributed by atoms with van der Waals surface area (Å²) in [6.45, 7) is 6.30. The minimum atomic E-state index is -0.0393. The number of nitrogens with one attached hydrogen (secondary N) is 1. The molecule has 0 saturated heterocycles. The number of aryl methyl sites for hydroxylation is 3. The van der Waals surface area contributed by atoms with Gasteiger partial charge in [0.2, 0.25) is 5.91 Å². The third-order valence-corrected chi connectivity index (χ3v) is 6.46. The summed E-state index contributed by atoms with van der Waals surface area (Å²) < 4.78 is 7.31. The van der Waals surface area contributed by atoms with Crippen molar-refractivity contribution in [3.8, 4) is 5.75 Å². The maximum absolute atomic E-state index is 12.5. The number of rotatable bonds is 10. The minimum Gasteiger partial charge on any atom is -0.496 e. The van der Waals surface area contributed by atoms with Gasteiger partial charge in [-0.1, -0.05) is 55.9 Å². The first kappa shape index (κ1) is 23.9. The Balaban J connectivity index is 1.50. The lowest BCUT2D eigenvalue weighted by Gasteiger charge is -2.13. The van der Waals surface area contributed by atoms with Crippen molar-refractivity contribution < 1.29 is 9.53 Å². The number of thioether (sulfide) groups is 1. The SMILES string of the molecule is COc1ccc(CCCc2nnc(SCC(=O)Nc3ccccc3C(C)C)n2C)cc1C. The van der Waals surface area contributed by atoms with Gasteiger partial charge >= 0.3 is 0 Å². The van der Waals surface area contributed by atoms with Crippen LogP contribution in [0, 0.1) is 6.92 Å². The first-order chi connectivity index (χ1) is 15.4. The van der Waals surface area contributed by atoms with E-state index in [0.29, 0.717) is 11.7 Å². The van der Waals surface area contributed by atoms with Crippen LogP contribution < -0.4 is 10.1 Å². The number of benzene rings is 2. The molecule has 0 spiro atoms. The van der Waals surface area contributed by atoms with Crippen LogP contribution in [-0.4, -0.2) is 33.5 Å². The summed E-state index contributed by atoms with van der Waals surface area (Å²) >= 11 is 1.41. The summed E-state index contributed by atoms with van der Waals surface area (Å²) in [4.78, 5) is 12.5. The highest BCUT2D eigenvalue weighted by Gasteiger charge is 2.13. The van der Waals surface area contributed by atoms with E-state index in [2.05, 4.69) is 54.5 Å². The zero-order valence-corrected chi connectivity index (χ0v) is 20.3. The van der Waals surface area contributed by atoms with E-state index in [1.54, 1.807) is 7.11 Å². The number of nitrogens with zero attached hydrogens (tertiary/aromatic N) is 3. The zero-order chi connectivity index (χ0) is 23.1. The largest absolute Gasteiger partial charge is 0.496 e. The Hall–Kier alpha value is -2.80. The molecule has 2 aromatic carbocycles. The number of ether oxygens (including phenoxy) is 1. The van der Waals surface area contributed by atoms with Crippen LogP contribution in [-0.2, 0) is 24.7 Å². The Bertz CT molecular complexity index is 1060. The Kier molecular flexibility index (Phi) is 8.33. The van der Waals surface area contributed by atoms with Gasteiger partial charge in [0.25, 0.3) is 0 Å². The monoisotopic (exact) mass is 452 g/mol. The molecule has 3 aromatic rings. The Morgan fingerprint density at radius 2 is 1.94 bits per heavy atom. The highest BCUT2D eigenvalue weighted by molar-refractivity contribution is 7.99. The summed E-state index contributed by atoms with van der Waals surface area (Å²) in [5.41, 5.74) is 4.45. The molecular weight excluding hydrogens is 420 g/mol. The molecule has 0 atom stereocenters. The summed E-state index contributed by atoms with van der Waals surface area (Å²) in [6, 6.07) is 14.2. The average molecular weight is 453 g/mol. The first-order valence-electron chi connectivity index (χ1n) is 10.9. The third kappa shape index (κ3) is 6.13. The van der Waals surface area contributed by atoms with Crippen molar-refractivity contribution in [1.29, 1.82) is 0 Å². The Labute approximate surface area is 194 Å². The number of hydrogen-bond acceptors (Lipinski definition) is 5. The van der Waals surface area contributed by atoms with Crippen LogP contribution in [0.2, 0.25) is 0 Å². The molecule has 0 bridgehead atoms. The van der Waals surface area contributed by atoms with Gasteiger partial charge in [0, 0.05) is 19.2 Å². The molecule has 0 saturated carbocycles. The smallest absolute Gasteiger partial charge is 0.234 e. The van der Waals surface area contributed by atoms with Crippen molar-refractivity contribution in [2.75, 3.05) is 18.2 Å². The van der Waals surface area contributed by atoms with Gasteiger partial charge in [-0.05, 0) is 54.5 Å². The fourth-order valence-electron chi connectivity index (χ4n) is 3.67. The highest BCUT2D eigenvalue weighted by atomic mass is 32.2. The number of carbonyl (C=O) groups is 1. The molecule has 1 heterocycles. The van der Waals surface area contributed by atoms with Gasteiger partial charge in [0.05, 0.1) is 12.9 Å². The standard InChI is InChI=1S/C25H32N4O2S/c1-17(2)20-10-6-7-11-21(20)26-24(30)16-32-25-28-27-23(29(25)4)12-8-9-19-13-14-22(31-5)18(3)15-19/h6-7,10-11,13-15,17H,8-9,12,16H2,1-5H3,(H,26,30). The molecule has 0 unspecified atom stereocenters. The summed E-state index contributed by atoms with van der Waals surface area (Å²) in [6.07, 6.45) is 2.79. The van der Waals surface area contributed by atoms with E-state index in [0.717, 1.165) is 52.8 Å². The van der Waals surface area contributed by atoms with E-state index in [1.165, 1.54) is 17.3 Å². The quantitative estimate of drug-likeness (QED) is 0.430. The van der Waals surface area contributed by atoms with Gasteiger partial charge in [-0.15, -0.1) is 10.2 Å². The molecule has 32 heavy (non-hydrogen) atoms. The van der Waals surface area contributed by atoms with Crippen molar-refractivity contribution in [2.24, 2.45) is 7.05 Å². The lowest BCUT2D eigenvalue weighted by atomic mass is 10.0. The van der Waals surface area contributed by atoms with Crippen LogP contribution >= 0.6 is 11.8 Å². The molecular formula is C25H32N4O2S. The maximum Gasteiger partial charge on any atom is 0.234 e. The second-order valence-electron chi connectivity index (χ2n) is 8.19. The van der Waals surface area contributed by atoms with Gasteiger partial charge in [-0.25, -0.2) is 0 Å². The minimum absolute atomic E-state index is 0.0393. The van der Waals surface area contributed by atoms with Gasteiger partial charge in [-0.3, -0.25) is 4.79 Å². The predicted octanol–water partition coefficient (Wildman–Crippen LogP) is 5.16. The molecule has 0 radical (unpaired) electrons. The lowest BCUT2D eigenvalue weighted by Crippen LogP contribution is -2.16. The normalized spacial score (nSPS) is 11.1. The van der Waals surface area contributed by atoms with Crippen LogP contribution in [0.4, 0.5) is 5.69 Å². The summed E-state index contributed by atoms with van der Waals surface area (Å²) in [5.74, 6) is 2.46. The fourth-order valence-corrected chi connectivity index (χ4v) is 4.40. The molecule has 170 valence electrons. The van der Waals surface area contributed by atoms with Gasteiger partial charge in [0.1, 0.15) is 11.6 Å². The first-order valence-corrected chi connectivity index (χ1v) is 11.9. The molecule has 3 rings (SSSR count). The van der Waals surface area contributed by atoms with Crippen LogP contribution in [0.5, 0.6) is 5.75 Å². The number of carbonyl (C=O) groups excluding carboxylic acids is 1. The van der Waals surface area contributed by atoms with Crippen molar-refractivity contribution in [2.45, 2.75) is 51.1 Å². The molecule has 0 fully saturated rings. The zero-order valence-electron chi connectivity index (χ0n) is 19.5. The van der Waals surface area contributed by atoms with Crippen LogP contribution in [0.1, 0.15) is 48.7 Å². The summed E-state index contributed by atoms with van der Waals surface area (Å²) in [7, 11) is 3.65. The average Bonchev–Trinajstić information content (AvgIpc) is 3.12. The number of para-hydroxylation sites is 1. The number of methoxy groups -OCH3 is 1. The van der Waals surface area contributed by atoms with Crippen molar-refractivity contribution in [1.82, 2.24) is 14.8 Å². The number of amides is 1. The number of hydrogen-bond donors (Lipinski definition) is 1. The van der Waals surface area contributed by atoms with E-state index in [4.69, 9.17) is 4.74 Å². The van der Waals surface area contributed by atoms with Gasteiger partial charge < -0.3 is 14.6 Å². The molecule has 7 heteroatoms. The molecule has 6 nitrogen and oxygen atoms in total. The van der Waals surface area contributed by atoms with Crippen LogP contribution in [0.25, 0.3) is 0 Å². The van der Waals surface area contributed by atoms with Gasteiger partial charge in [-0.2, -0.15) is 0 Å². The third-order valence-electron chi connectivity index (χ3n) is 5.44. The highest BCUT2D eigenvalue weighted by Crippen LogP contribution is 2.24. The van der Waals surface area contributed by atoms with Crippen LogP contribution in [0.15, 0.2) is 47.6 Å². The molecule has 0 aliphatic rings. The van der Waals surface area contributed by atoms with Crippen LogP contribution in [0.3, 0.4) is 0 Å². The Morgan fingerprint density at radius 3 is 2.66 bits per heavy atom. The molecule has 1 aromatic heterocycles. The molecule has 1 N–H and O–H groups in total. The molecule has 1 amide bonds. The second-order valence-corrected chi connectivity index (χ2v) is 9.14. The number of aromatic nitrogens is 3. The predicted molar refractivity (Wildman–Crippen MR) is 131 cm³/mol. The number of anilines is 1. The topological polar surface area (TPSA) is 69.0 Å². The van der Waals surface area contributed by atoms with Crippen molar-refractivity contribution >= 4 is 23.4 Å². The molecule has 0 aliphatic heterocycles. The van der Waals surface area contributed by atoms with E-state index < -0.39 is 0 Å². The van der Waals surface area contributed by atoms with E-state index in [9.17, 15) is 4.79 Å². The van der Waals surface area contributed by atoms with E-state index in [1.807, 2.05) is 35.9 Å². The van der Waals surface area contributed by atoms with E-state index >= 15 is 0 Å². The second kappa shape index (κ2) is 11.2. The Morgan fingerprint density at radius 1 is 1.16 bits per heavy atom. The maximum atomic E-state index is 12.5. The van der Waals surface area contributed by atoms with Gasteiger partial charge in [0.15, 0.2) is 5.16 Å². The fraction of sp³-hybridized carbons (Fsp3) is 0.400. The van der Waals surface area contributed by atoms with E-state index in [-0.39, 0.29) is 5.91 Å².